The second kappa shape index (κ2) is 6.39. The molecule has 1 aliphatic rings. The van der Waals surface area contributed by atoms with Gasteiger partial charge in [0.15, 0.2) is 0 Å². The summed E-state index contributed by atoms with van der Waals surface area (Å²) in [5, 5.41) is 3.38. The van der Waals surface area contributed by atoms with E-state index in [1.54, 1.807) is 0 Å². The molecule has 1 fully saturated rings. The van der Waals surface area contributed by atoms with Gasteiger partial charge in [-0.25, -0.2) is 9.97 Å². The van der Waals surface area contributed by atoms with Crippen LogP contribution in [-0.2, 0) is 10.2 Å². The first-order valence-corrected chi connectivity index (χ1v) is 7.47. The Bertz CT molecular complexity index is 436. The van der Waals surface area contributed by atoms with E-state index in [9.17, 15) is 0 Å². The van der Waals surface area contributed by atoms with E-state index >= 15 is 0 Å². The number of nitrogens with one attached hydrogen (secondary N) is 1. The van der Waals surface area contributed by atoms with E-state index < -0.39 is 0 Å². The summed E-state index contributed by atoms with van der Waals surface area (Å²) < 4.78 is 5.41. The Balaban J connectivity index is 2.29. The quantitative estimate of drug-likeness (QED) is 0.916. The van der Waals surface area contributed by atoms with Gasteiger partial charge in [-0.1, -0.05) is 27.7 Å². The molecular formula is C15H26N4O. The van der Waals surface area contributed by atoms with Crippen LogP contribution in [0.25, 0.3) is 0 Å². The number of anilines is 2. The van der Waals surface area contributed by atoms with Gasteiger partial charge in [-0.15, -0.1) is 0 Å². The number of hydrogen-bond acceptors (Lipinski definition) is 5. The minimum absolute atomic E-state index is 0.0507. The van der Waals surface area contributed by atoms with E-state index in [4.69, 9.17) is 9.72 Å². The van der Waals surface area contributed by atoms with Gasteiger partial charge >= 0.3 is 0 Å². The van der Waals surface area contributed by atoms with Crippen molar-refractivity contribution in [2.24, 2.45) is 0 Å². The van der Waals surface area contributed by atoms with Crippen molar-refractivity contribution in [3.05, 3.63) is 11.9 Å². The Morgan fingerprint density at radius 1 is 1.25 bits per heavy atom. The summed E-state index contributed by atoms with van der Waals surface area (Å²) in [4.78, 5) is 11.7. The van der Waals surface area contributed by atoms with Crippen LogP contribution in [0, 0.1) is 0 Å². The molecule has 0 amide bonds. The van der Waals surface area contributed by atoms with Crippen LogP contribution < -0.4 is 10.2 Å². The second-order valence-corrected chi connectivity index (χ2v) is 6.21. The average Bonchev–Trinajstić information content (AvgIpc) is 2.45. The molecule has 2 heterocycles. The van der Waals surface area contributed by atoms with Crippen LogP contribution >= 0.6 is 0 Å². The van der Waals surface area contributed by atoms with E-state index in [-0.39, 0.29) is 5.41 Å². The lowest BCUT2D eigenvalue weighted by atomic mass is 9.96. The van der Waals surface area contributed by atoms with Crippen LogP contribution in [0.1, 0.15) is 39.9 Å². The zero-order valence-corrected chi connectivity index (χ0v) is 13.1. The number of morpholine rings is 1. The number of aromatic nitrogens is 2. The maximum Gasteiger partial charge on any atom is 0.138 e. The Labute approximate surface area is 121 Å². The van der Waals surface area contributed by atoms with Gasteiger partial charge in [0, 0.05) is 31.1 Å². The van der Waals surface area contributed by atoms with Gasteiger partial charge in [0.25, 0.3) is 0 Å². The largest absolute Gasteiger partial charge is 0.378 e. The van der Waals surface area contributed by atoms with Crippen molar-refractivity contribution in [2.75, 3.05) is 43.1 Å². The summed E-state index contributed by atoms with van der Waals surface area (Å²) in [6.45, 7) is 12.9. The number of rotatable bonds is 4. The highest BCUT2D eigenvalue weighted by Gasteiger charge is 2.21. The maximum absolute atomic E-state index is 5.41. The highest BCUT2D eigenvalue weighted by Crippen LogP contribution is 2.24. The molecule has 0 spiro atoms. The lowest BCUT2D eigenvalue weighted by Crippen LogP contribution is -2.37. The highest BCUT2D eigenvalue weighted by atomic mass is 16.5. The van der Waals surface area contributed by atoms with Crippen LogP contribution in [0.3, 0.4) is 0 Å². The second-order valence-electron chi connectivity index (χ2n) is 6.21. The molecule has 1 aromatic rings. The summed E-state index contributed by atoms with van der Waals surface area (Å²) in [5.41, 5.74) is -0.0507. The Morgan fingerprint density at radius 3 is 2.55 bits per heavy atom. The van der Waals surface area contributed by atoms with Crippen LogP contribution in [0.2, 0.25) is 0 Å². The molecule has 1 N–H and O–H groups in total. The first-order chi connectivity index (χ1) is 9.50. The van der Waals surface area contributed by atoms with Gasteiger partial charge in [0.2, 0.25) is 0 Å². The van der Waals surface area contributed by atoms with Crippen molar-refractivity contribution >= 4 is 11.6 Å². The Morgan fingerprint density at radius 2 is 1.95 bits per heavy atom. The molecule has 0 bridgehead atoms. The summed E-state index contributed by atoms with van der Waals surface area (Å²) >= 11 is 0. The predicted octanol–water partition coefficient (Wildman–Crippen LogP) is 2.43. The van der Waals surface area contributed by atoms with Crippen LogP contribution in [-0.4, -0.2) is 42.8 Å². The third kappa shape index (κ3) is 3.82. The summed E-state index contributed by atoms with van der Waals surface area (Å²) in [6, 6.07) is 2.05. The van der Waals surface area contributed by atoms with Crippen molar-refractivity contribution < 1.29 is 4.74 Å². The number of ether oxygens (including phenoxy) is 1. The monoisotopic (exact) mass is 278 g/mol. The number of nitrogens with zero attached hydrogens (tertiary/aromatic N) is 3. The molecule has 1 aliphatic heterocycles. The molecule has 0 aromatic carbocycles. The molecule has 5 heteroatoms. The van der Waals surface area contributed by atoms with Gasteiger partial charge in [0.05, 0.1) is 13.2 Å². The van der Waals surface area contributed by atoms with E-state index in [1.807, 2.05) is 0 Å². The van der Waals surface area contributed by atoms with Gasteiger partial charge in [-0.05, 0) is 6.42 Å². The van der Waals surface area contributed by atoms with Crippen molar-refractivity contribution in [3.8, 4) is 0 Å². The zero-order valence-electron chi connectivity index (χ0n) is 13.1. The smallest absolute Gasteiger partial charge is 0.138 e. The minimum atomic E-state index is -0.0507. The van der Waals surface area contributed by atoms with E-state index in [0.717, 1.165) is 56.7 Å². The predicted molar refractivity (Wildman–Crippen MR) is 82.5 cm³/mol. The molecule has 5 nitrogen and oxygen atoms in total. The van der Waals surface area contributed by atoms with Gasteiger partial charge in [0.1, 0.15) is 17.5 Å². The lowest BCUT2D eigenvalue weighted by Gasteiger charge is -2.29. The minimum Gasteiger partial charge on any atom is -0.378 e. The van der Waals surface area contributed by atoms with E-state index in [0.29, 0.717) is 0 Å². The molecule has 0 saturated carbocycles. The van der Waals surface area contributed by atoms with Crippen molar-refractivity contribution in [2.45, 2.75) is 39.5 Å². The van der Waals surface area contributed by atoms with Crippen LogP contribution in [0.4, 0.5) is 11.6 Å². The lowest BCUT2D eigenvalue weighted by molar-refractivity contribution is 0.122. The topological polar surface area (TPSA) is 50.3 Å². The van der Waals surface area contributed by atoms with E-state index in [1.165, 1.54) is 0 Å². The standard InChI is InChI=1S/C15H26N4O/c1-5-6-16-12-11-13(19-7-9-20-10-8-19)18-14(17-12)15(2,3)4/h11H,5-10H2,1-4H3,(H,16,17,18). The SMILES string of the molecule is CCCNc1cc(N2CCOCC2)nc(C(C)(C)C)n1. The first kappa shape index (κ1) is 15.0. The van der Waals surface area contributed by atoms with Crippen molar-refractivity contribution in [3.63, 3.8) is 0 Å². The van der Waals surface area contributed by atoms with Gasteiger partial charge in [-0.3, -0.25) is 0 Å². The fourth-order valence-electron chi connectivity index (χ4n) is 2.07. The van der Waals surface area contributed by atoms with Gasteiger partial charge < -0.3 is 15.0 Å². The van der Waals surface area contributed by atoms with Crippen molar-refractivity contribution in [1.82, 2.24) is 9.97 Å². The summed E-state index contributed by atoms with van der Waals surface area (Å²) in [7, 11) is 0. The molecule has 0 atom stereocenters. The zero-order chi connectivity index (χ0) is 14.6. The van der Waals surface area contributed by atoms with E-state index in [2.05, 4.69) is 49.0 Å². The molecule has 2 rings (SSSR count). The molecule has 20 heavy (non-hydrogen) atoms. The first-order valence-electron chi connectivity index (χ1n) is 7.47. The third-order valence-corrected chi connectivity index (χ3v) is 3.27. The summed E-state index contributed by atoms with van der Waals surface area (Å²) in [6.07, 6.45) is 1.09. The fraction of sp³-hybridized carbons (Fsp3) is 0.733. The molecule has 1 aromatic heterocycles. The normalized spacial score (nSPS) is 16.3. The Kier molecular flexibility index (Phi) is 4.81. The molecular weight excluding hydrogens is 252 g/mol. The molecule has 0 radical (unpaired) electrons. The molecule has 0 unspecified atom stereocenters. The average molecular weight is 278 g/mol. The van der Waals surface area contributed by atoms with Crippen molar-refractivity contribution in [1.29, 1.82) is 0 Å². The fourth-order valence-corrected chi connectivity index (χ4v) is 2.07. The maximum atomic E-state index is 5.41. The third-order valence-electron chi connectivity index (χ3n) is 3.27. The molecule has 1 saturated heterocycles. The van der Waals surface area contributed by atoms with Gasteiger partial charge in [-0.2, -0.15) is 0 Å². The molecule has 112 valence electrons. The van der Waals surface area contributed by atoms with Crippen LogP contribution in [0.15, 0.2) is 6.07 Å². The summed E-state index contributed by atoms with van der Waals surface area (Å²) in [5.74, 6) is 2.82. The highest BCUT2D eigenvalue weighted by molar-refractivity contribution is 5.50. The van der Waals surface area contributed by atoms with Crippen LogP contribution in [0.5, 0.6) is 0 Å². The Hall–Kier alpha value is -1.36. The number of hydrogen-bond donors (Lipinski definition) is 1. The molecule has 0 aliphatic carbocycles.